The number of amides is 1. The first-order chi connectivity index (χ1) is 21.4. The predicted molar refractivity (Wildman–Crippen MR) is 173 cm³/mol. The minimum absolute atomic E-state index is 0.0886. The van der Waals surface area contributed by atoms with E-state index in [2.05, 4.69) is 51.5 Å². The normalized spacial score (nSPS) is 20.3. The number of ether oxygens (including phenoxy) is 2. The summed E-state index contributed by atoms with van der Waals surface area (Å²) in [6.45, 7) is 13.4. The number of nitrogens with two attached hydrogens (primary N) is 1. The van der Waals surface area contributed by atoms with E-state index in [1.54, 1.807) is 18.2 Å². The first kappa shape index (κ1) is 30.1. The van der Waals surface area contributed by atoms with Gasteiger partial charge in [0.1, 0.15) is 28.6 Å². The standard InChI is InChI=1S/C33H44N8O3/c1-5-26-33(44-24-11-14-41(21-24)29(42)6-2)37-30-25(20-35-32(34)31(30)36-26)22-7-8-27(28(19-22)43-4)40-12-9-23(10-13-40)39-17-15-38(3)16-18-39/h6-8,19-20,23-24H,2,5,9-18,21H2,1,3-4H3,(H2,34,35)/t24-/m1/s1. The number of pyridine rings is 1. The Balaban J connectivity index is 1.25. The summed E-state index contributed by atoms with van der Waals surface area (Å²) in [6.07, 6.45) is 6.57. The lowest BCUT2D eigenvalue weighted by Gasteiger charge is -2.42. The van der Waals surface area contributed by atoms with Gasteiger partial charge in [0, 0.05) is 70.0 Å². The van der Waals surface area contributed by atoms with Crippen LogP contribution < -0.4 is 20.1 Å². The maximum absolute atomic E-state index is 12.1. The number of anilines is 2. The fourth-order valence-electron chi connectivity index (χ4n) is 6.69. The number of hydrogen-bond donors (Lipinski definition) is 1. The molecule has 0 bridgehead atoms. The third-order valence-electron chi connectivity index (χ3n) is 9.36. The summed E-state index contributed by atoms with van der Waals surface area (Å²) < 4.78 is 12.3. The van der Waals surface area contributed by atoms with Crippen LogP contribution in [-0.4, -0.2) is 114 Å². The Morgan fingerprint density at radius 1 is 1.07 bits per heavy atom. The molecule has 0 saturated carbocycles. The molecular weight excluding hydrogens is 556 g/mol. The second-order valence-electron chi connectivity index (χ2n) is 12.0. The Kier molecular flexibility index (Phi) is 8.86. The average Bonchev–Trinajstić information content (AvgIpc) is 3.53. The number of carbonyl (C=O) groups is 1. The molecule has 3 aliphatic heterocycles. The van der Waals surface area contributed by atoms with Crippen LogP contribution in [0.4, 0.5) is 11.5 Å². The van der Waals surface area contributed by atoms with Crippen molar-refractivity contribution in [1.29, 1.82) is 0 Å². The number of aryl methyl sites for hydroxylation is 1. The van der Waals surface area contributed by atoms with Crippen LogP contribution in [0.1, 0.15) is 31.9 Å². The van der Waals surface area contributed by atoms with Crippen molar-refractivity contribution < 1.29 is 14.3 Å². The Labute approximate surface area is 259 Å². The van der Waals surface area contributed by atoms with Crippen LogP contribution in [0, 0.1) is 0 Å². The monoisotopic (exact) mass is 600 g/mol. The molecule has 1 aromatic carbocycles. The number of methoxy groups -OCH3 is 1. The maximum atomic E-state index is 12.1. The van der Waals surface area contributed by atoms with Crippen molar-refractivity contribution in [3.63, 3.8) is 0 Å². The van der Waals surface area contributed by atoms with Gasteiger partial charge in [0.25, 0.3) is 0 Å². The molecule has 0 unspecified atom stereocenters. The molecule has 0 aliphatic carbocycles. The molecule has 11 nitrogen and oxygen atoms in total. The van der Waals surface area contributed by atoms with Gasteiger partial charge in [-0.3, -0.25) is 9.69 Å². The summed E-state index contributed by atoms with van der Waals surface area (Å²) >= 11 is 0. The van der Waals surface area contributed by atoms with Crippen LogP contribution in [0.5, 0.6) is 11.6 Å². The van der Waals surface area contributed by atoms with Crippen molar-refractivity contribution in [2.45, 2.75) is 44.8 Å². The van der Waals surface area contributed by atoms with Gasteiger partial charge in [-0.05, 0) is 50.1 Å². The second-order valence-corrected chi connectivity index (χ2v) is 12.0. The van der Waals surface area contributed by atoms with Crippen LogP contribution in [0.15, 0.2) is 37.1 Å². The quantitative estimate of drug-likeness (QED) is 0.387. The summed E-state index contributed by atoms with van der Waals surface area (Å²) in [7, 11) is 3.93. The summed E-state index contributed by atoms with van der Waals surface area (Å²) in [4.78, 5) is 35.7. The number of rotatable bonds is 8. The second kappa shape index (κ2) is 13.0. The molecule has 44 heavy (non-hydrogen) atoms. The molecule has 0 radical (unpaired) electrons. The van der Waals surface area contributed by atoms with E-state index in [1.165, 1.54) is 6.08 Å². The first-order valence-corrected chi connectivity index (χ1v) is 15.8. The highest BCUT2D eigenvalue weighted by molar-refractivity contribution is 5.97. The fourth-order valence-corrected chi connectivity index (χ4v) is 6.69. The van der Waals surface area contributed by atoms with Crippen molar-refractivity contribution in [1.82, 2.24) is 29.7 Å². The third-order valence-corrected chi connectivity index (χ3v) is 9.36. The van der Waals surface area contributed by atoms with E-state index in [0.717, 1.165) is 81.1 Å². The number of likely N-dealkylation sites (N-methyl/N-ethyl adjacent to an activating group) is 1. The minimum Gasteiger partial charge on any atom is -0.495 e. The molecule has 3 aromatic rings. The number of carbonyl (C=O) groups excluding carboxylic acids is 1. The van der Waals surface area contributed by atoms with Crippen molar-refractivity contribution in [3.05, 3.63) is 42.7 Å². The number of aromatic nitrogens is 3. The van der Waals surface area contributed by atoms with E-state index < -0.39 is 0 Å². The Hall–Kier alpha value is -3.96. The zero-order valence-electron chi connectivity index (χ0n) is 26.2. The van der Waals surface area contributed by atoms with E-state index in [1.807, 2.05) is 6.92 Å². The van der Waals surface area contributed by atoms with Gasteiger partial charge in [-0.2, -0.15) is 0 Å². The largest absolute Gasteiger partial charge is 0.495 e. The number of nitrogens with zero attached hydrogens (tertiary/aromatic N) is 7. The number of hydrogen-bond acceptors (Lipinski definition) is 10. The molecule has 1 amide bonds. The number of nitrogen functional groups attached to an aromatic ring is 1. The van der Waals surface area contributed by atoms with Gasteiger partial charge in [-0.15, -0.1) is 0 Å². The molecule has 3 fully saturated rings. The number of piperazine rings is 1. The van der Waals surface area contributed by atoms with Crippen molar-refractivity contribution >= 4 is 28.4 Å². The lowest BCUT2D eigenvalue weighted by molar-refractivity contribution is -0.125. The van der Waals surface area contributed by atoms with Crippen LogP contribution in [0.25, 0.3) is 22.2 Å². The smallest absolute Gasteiger partial charge is 0.246 e. The highest BCUT2D eigenvalue weighted by Crippen LogP contribution is 2.38. The van der Waals surface area contributed by atoms with Gasteiger partial charge in [0.15, 0.2) is 5.82 Å². The lowest BCUT2D eigenvalue weighted by atomic mass is 10.00. The summed E-state index contributed by atoms with van der Waals surface area (Å²) in [6, 6.07) is 6.94. The van der Waals surface area contributed by atoms with Crippen molar-refractivity contribution in [2.75, 3.05) is 77.1 Å². The van der Waals surface area contributed by atoms with Gasteiger partial charge in [0.2, 0.25) is 11.8 Å². The Morgan fingerprint density at radius 3 is 2.55 bits per heavy atom. The van der Waals surface area contributed by atoms with E-state index in [-0.39, 0.29) is 12.0 Å². The van der Waals surface area contributed by atoms with E-state index >= 15 is 0 Å². The molecule has 1 atom stereocenters. The summed E-state index contributed by atoms with van der Waals surface area (Å²) in [5.41, 5.74) is 11.0. The molecular formula is C33H44N8O3. The number of piperidine rings is 1. The zero-order valence-corrected chi connectivity index (χ0v) is 26.2. The molecule has 2 aromatic heterocycles. The van der Waals surface area contributed by atoms with Crippen molar-refractivity contribution in [2.24, 2.45) is 0 Å². The highest BCUT2D eigenvalue weighted by atomic mass is 16.5. The van der Waals surface area contributed by atoms with Gasteiger partial charge in [0.05, 0.1) is 19.3 Å². The van der Waals surface area contributed by atoms with E-state index in [9.17, 15) is 4.79 Å². The van der Waals surface area contributed by atoms with Gasteiger partial charge in [-0.1, -0.05) is 19.6 Å². The minimum atomic E-state index is -0.168. The fraction of sp³-hybridized carbons (Fsp3) is 0.515. The molecule has 2 N–H and O–H groups in total. The molecule has 5 heterocycles. The maximum Gasteiger partial charge on any atom is 0.246 e. The number of benzene rings is 1. The first-order valence-electron chi connectivity index (χ1n) is 15.8. The summed E-state index contributed by atoms with van der Waals surface area (Å²) in [5, 5.41) is 0. The molecule has 3 aliphatic rings. The van der Waals surface area contributed by atoms with Crippen LogP contribution in [0.2, 0.25) is 0 Å². The molecule has 11 heteroatoms. The molecule has 234 valence electrons. The SMILES string of the molecule is C=CC(=O)N1CC[C@@H](Oc2nc3c(-c4ccc(N5CCC(N6CCN(C)CC6)CC5)c(OC)c4)cnc(N)c3nc2CC)C1. The number of fused-ring (bicyclic) bond motifs is 1. The van der Waals surface area contributed by atoms with Gasteiger partial charge >= 0.3 is 0 Å². The number of likely N-dealkylation sites (tertiary alicyclic amines) is 1. The van der Waals surface area contributed by atoms with Crippen LogP contribution in [0.3, 0.4) is 0 Å². The van der Waals surface area contributed by atoms with Gasteiger partial charge < -0.3 is 29.9 Å². The molecule has 6 rings (SSSR count). The van der Waals surface area contributed by atoms with Crippen LogP contribution in [-0.2, 0) is 11.2 Å². The Bertz CT molecular complexity index is 1510. The third kappa shape index (κ3) is 6.03. The summed E-state index contributed by atoms with van der Waals surface area (Å²) in [5.74, 6) is 1.52. The molecule has 3 saturated heterocycles. The topological polar surface area (TPSA) is 113 Å². The van der Waals surface area contributed by atoms with Crippen molar-refractivity contribution in [3.8, 4) is 22.8 Å². The Morgan fingerprint density at radius 2 is 1.84 bits per heavy atom. The van der Waals surface area contributed by atoms with E-state index in [4.69, 9.17) is 25.2 Å². The predicted octanol–water partition coefficient (Wildman–Crippen LogP) is 3.23. The zero-order chi connectivity index (χ0) is 30.8. The lowest BCUT2D eigenvalue weighted by Crippen LogP contribution is -2.52. The van der Waals surface area contributed by atoms with E-state index in [0.29, 0.717) is 54.0 Å². The highest BCUT2D eigenvalue weighted by Gasteiger charge is 2.29. The molecule has 0 spiro atoms. The van der Waals surface area contributed by atoms with Crippen LogP contribution >= 0.6 is 0 Å². The van der Waals surface area contributed by atoms with Gasteiger partial charge in [-0.25, -0.2) is 15.0 Å². The average molecular weight is 601 g/mol.